The Balaban J connectivity index is 2.24. The molecule has 25 heavy (non-hydrogen) atoms. The van der Waals surface area contributed by atoms with E-state index in [0.717, 1.165) is 5.56 Å². The largest absolute Gasteiger partial charge is 0.493 e. The van der Waals surface area contributed by atoms with Gasteiger partial charge < -0.3 is 23.8 Å². The number of hydrogen-bond acceptors (Lipinski definition) is 5. The number of carbonyl (C=O) groups excluding carboxylic acids is 1. The van der Waals surface area contributed by atoms with E-state index in [0.29, 0.717) is 35.1 Å². The molecular weight excluding hydrogens is 322 g/mol. The highest BCUT2D eigenvalue weighted by molar-refractivity contribution is 5.97. The van der Waals surface area contributed by atoms with E-state index in [9.17, 15) is 4.79 Å². The van der Waals surface area contributed by atoms with Crippen LogP contribution in [0.4, 0.5) is 0 Å². The van der Waals surface area contributed by atoms with Crippen molar-refractivity contribution in [1.29, 1.82) is 0 Å². The van der Waals surface area contributed by atoms with E-state index in [-0.39, 0.29) is 5.91 Å². The third-order valence-corrected chi connectivity index (χ3v) is 3.85. The summed E-state index contributed by atoms with van der Waals surface area (Å²) in [6.45, 7) is 0.416. The van der Waals surface area contributed by atoms with Crippen molar-refractivity contribution in [3.8, 4) is 23.0 Å². The Labute approximate surface area is 147 Å². The van der Waals surface area contributed by atoms with E-state index in [1.807, 2.05) is 18.2 Å². The van der Waals surface area contributed by atoms with Crippen LogP contribution in [0.1, 0.15) is 15.9 Å². The van der Waals surface area contributed by atoms with Crippen LogP contribution in [0.3, 0.4) is 0 Å². The van der Waals surface area contributed by atoms with Crippen molar-refractivity contribution < 1.29 is 23.7 Å². The minimum absolute atomic E-state index is 0.162. The van der Waals surface area contributed by atoms with Crippen molar-refractivity contribution in [2.45, 2.75) is 6.54 Å². The molecule has 0 fully saturated rings. The molecule has 2 aromatic rings. The summed E-state index contributed by atoms with van der Waals surface area (Å²) in [6, 6.07) is 10.8. The van der Waals surface area contributed by atoms with E-state index < -0.39 is 0 Å². The number of rotatable bonds is 7. The number of methoxy groups -OCH3 is 4. The Morgan fingerprint density at radius 2 is 1.56 bits per heavy atom. The molecule has 1 amide bonds. The molecule has 0 atom stereocenters. The number of nitrogens with zero attached hydrogens (tertiary/aromatic N) is 1. The SMILES string of the molecule is COc1ccc(CN(C)C(=O)c2cccc(OC)c2OC)cc1OC. The second-order valence-corrected chi connectivity index (χ2v) is 5.39. The second kappa shape index (κ2) is 8.28. The van der Waals surface area contributed by atoms with Gasteiger partial charge in [-0.1, -0.05) is 12.1 Å². The van der Waals surface area contributed by atoms with Gasteiger partial charge in [0.1, 0.15) is 0 Å². The lowest BCUT2D eigenvalue weighted by Crippen LogP contribution is -2.26. The van der Waals surface area contributed by atoms with Gasteiger partial charge in [-0.2, -0.15) is 0 Å². The molecule has 0 saturated carbocycles. The molecule has 0 radical (unpaired) electrons. The van der Waals surface area contributed by atoms with Crippen LogP contribution in [-0.4, -0.2) is 46.3 Å². The molecule has 6 heteroatoms. The molecule has 0 aliphatic heterocycles. The van der Waals surface area contributed by atoms with Gasteiger partial charge in [-0.25, -0.2) is 0 Å². The predicted octanol–water partition coefficient (Wildman–Crippen LogP) is 2.99. The molecular formula is C19H23NO5. The molecule has 2 rings (SSSR count). The topological polar surface area (TPSA) is 57.2 Å². The van der Waals surface area contributed by atoms with Gasteiger partial charge in [0.2, 0.25) is 0 Å². The van der Waals surface area contributed by atoms with Gasteiger partial charge in [0.15, 0.2) is 23.0 Å². The Hall–Kier alpha value is -2.89. The number of carbonyl (C=O) groups is 1. The first-order chi connectivity index (χ1) is 12.0. The molecule has 2 aromatic carbocycles. The summed E-state index contributed by atoms with van der Waals surface area (Å²) in [5.41, 5.74) is 1.38. The zero-order chi connectivity index (χ0) is 18.4. The van der Waals surface area contributed by atoms with Gasteiger partial charge in [-0.15, -0.1) is 0 Å². The number of benzene rings is 2. The number of hydrogen-bond donors (Lipinski definition) is 0. The third kappa shape index (κ3) is 3.96. The Kier molecular flexibility index (Phi) is 6.11. The highest BCUT2D eigenvalue weighted by atomic mass is 16.5. The Bertz CT molecular complexity index is 745. The van der Waals surface area contributed by atoms with Crippen LogP contribution >= 0.6 is 0 Å². The Morgan fingerprint density at radius 1 is 0.880 bits per heavy atom. The summed E-state index contributed by atoms with van der Waals surface area (Å²) in [4.78, 5) is 14.4. The molecule has 0 aliphatic rings. The summed E-state index contributed by atoms with van der Waals surface area (Å²) < 4.78 is 21.1. The van der Waals surface area contributed by atoms with Gasteiger partial charge >= 0.3 is 0 Å². The molecule has 0 aliphatic carbocycles. The lowest BCUT2D eigenvalue weighted by molar-refractivity contribution is 0.0781. The maximum absolute atomic E-state index is 12.8. The molecule has 0 aromatic heterocycles. The highest BCUT2D eigenvalue weighted by Crippen LogP contribution is 2.32. The van der Waals surface area contributed by atoms with Crippen LogP contribution in [0.15, 0.2) is 36.4 Å². The standard InChI is InChI=1S/C19H23NO5/c1-20(12-13-9-10-15(22-2)17(11-13)24-4)19(21)14-7-6-8-16(23-3)18(14)25-5/h6-11H,12H2,1-5H3. The fraction of sp³-hybridized carbons (Fsp3) is 0.316. The maximum atomic E-state index is 12.8. The van der Waals surface area contributed by atoms with Crippen molar-refractivity contribution in [2.75, 3.05) is 35.5 Å². The molecule has 0 unspecified atom stereocenters. The van der Waals surface area contributed by atoms with Crippen LogP contribution in [0.2, 0.25) is 0 Å². The molecule has 0 spiro atoms. The quantitative estimate of drug-likeness (QED) is 0.772. The average Bonchev–Trinajstić information content (AvgIpc) is 2.66. The van der Waals surface area contributed by atoms with Gasteiger partial charge in [-0.05, 0) is 29.8 Å². The minimum atomic E-state index is -0.162. The summed E-state index contributed by atoms with van der Waals surface area (Å²) in [7, 11) is 7.96. The van der Waals surface area contributed by atoms with Crippen LogP contribution in [0.5, 0.6) is 23.0 Å². The van der Waals surface area contributed by atoms with Crippen molar-refractivity contribution in [3.05, 3.63) is 47.5 Å². The molecule has 0 saturated heterocycles. The van der Waals surface area contributed by atoms with Gasteiger partial charge in [-0.3, -0.25) is 4.79 Å². The molecule has 134 valence electrons. The van der Waals surface area contributed by atoms with Crippen molar-refractivity contribution in [1.82, 2.24) is 4.90 Å². The molecule has 0 N–H and O–H groups in total. The van der Waals surface area contributed by atoms with E-state index in [1.54, 1.807) is 51.5 Å². The van der Waals surface area contributed by atoms with Crippen LogP contribution < -0.4 is 18.9 Å². The van der Waals surface area contributed by atoms with Gasteiger partial charge in [0, 0.05) is 13.6 Å². The third-order valence-electron chi connectivity index (χ3n) is 3.85. The second-order valence-electron chi connectivity index (χ2n) is 5.39. The summed E-state index contributed by atoms with van der Waals surface area (Å²) in [6.07, 6.45) is 0. The minimum Gasteiger partial charge on any atom is -0.493 e. The predicted molar refractivity (Wildman–Crippen MR) is 94.9 cm³/mol. The zero-order valence-electron chi connectivity index (χ0n) is 15.2. The summed E-state index contributed by atoms with van der Waals surface area (Å²) in [5, 5.41) is 0. The molecule has 0 heterocycles. The van der Waals surface area contributed by atoms with E-state index in [2.05, 4.69) is 0 Å². The van der Waals surface area contributed by atoms with Crippen molar-refractivity contribution in [3.63, 3.8) is 0 Å². The van der Waals surface area contributed by atoms with Gasteiger partial charge in [0.05, 0.1) is 34.0 Å². The maximum Gasteiger partial charge on any atom is 0.257 e. The van der Waals surface area contributed by atoms with E-state index in [1.165, 1.54) is 7.11 Å². The fourth-order valence-corrected chi connectivity index (χ4v) is 2.59. The normalized spacial score (nSPS) is 10.1. The molecule has 6 nitrogen and oxygen atoms in total. The lowest BCUT2D eigenvalue weighted by atomic mass is 10.1. The number of amides is 1. The smallest absolute Gasteiger partial charge is 0.257 e. The summed E-state index contributed by atoms with van der Waals surface area (Å²) >= 11 is 0. The Morgan fingerprint density at radius 3 is 2.16 bits per heavy atom. The van der Waals surface area contributed by atoms with Crippen LogP contribution in [0, 0.1) is 0 Å². The zero-order valence-corrected chi connectivity index (χ0v) is 15.2. The summed E-state index contributed by atoms with van der Waals surface area (Å²) in [5.74, 6) is 2.06. The first kappa shape index (κ1) is 18.4. The van der Waals surface area contributed by atoms with E-state index in [4.69, 9.17) is 18.9 Å². The monoisotopic (exact) mass is 345 g/mol. The van der Waals surface area contributed by atoms with Gasteiger partial charge in [0.25, 0.3) is 5.91 Å². The van der Waals surface area contributed by atoms with Crippen molar-refractivity contribution >= 4 is 5.91 Å². The number of ether oxygens (including phenoxy) is 4. The highest BCUT2D eigenvalue weighted by Gasteiger charge is 2.20. The fourth-order valence-electron chi connectivity index (χ4n) is 2.59. The molecule has 0 bridgehead atoms. The first-order valence-corrected chi connectivity index (χ1v) is 7.73. The van der Waals surface area contributed by atoms with Crippen LogP contribution in [0.25, 0.3) is 0 Å². The van der Waals surface area contributed by atoms with E-state index >= 15 is 0 Å². The number of para-hydroxylation sites is 1. The lowest BCUT2D eigenvalue weighted by Gasteiger charge is -2.20. The van der Waals surface area contributed by atoms with Crippen molar-refractivity contribution in [2.24, 2.45) is 0 Å². The van der Waals surface area contributed by atoms with Crippen LogP contribution in [-0.2, 0) is 6.54 Å². The average molecular weight is 345 g/mol. The first-order valence-electron chi connectivity index (χ1n) is 7.73.